The molecule has 1 aromatic carbocycles. The van der Waals surface area contributed by atoms with Gasteiger partial charge in [0.15, 0.2) is 0 Å². The van der Waals surface area contributed by atoms with Gasteiger partial charge >= 0.3 is 12.1 Å². The molecule has 0 fully saturated rings. The van der Waals surface area contributed by atoms with E-state index < -0.39 is 29.5 Å². The van der Waals surface area contributed by atoms with Crippen molar-refractivity contribution in [2.24, 2.45) is 0 Å². The number of amides is 1. The van der Waals surface area contributed by atoms with Crippen molar-refractivity contribution in [1.82, 2.24) is 5.32 Å². The quantitative estimate of drug-likeness (QED) is 0.888. The van der Waals surface area contributed by atoms with Crippen molar-refractivity contribution < 1.29 is 23.8 Å². The van der Waals surface area contributed by atoms with Gasteiger partial charge in [0.2, 0.25) is 0 Å². The lowest BCUT2D eigenvalue weighted by Crippen LogP contribution is -2.44. The number of nitrogens with one attached hydrogen (secondary N) is 1. The minimum atomic E-state index is -1.28. The maximum Gasteiger partial charge on any atom is 0.408 e. The number of carboxylic acid groups (broad SMARTS) is 1. The van der Waals surface area contributed by atoms with Crippen LogP contribution >= 0.6 is 0 Å². The summed E-state index contributed by atoms with van der Waals surface area (Å²) in [4.78, 5) is 22.9. The van der Waals surface area contributed by atoms with Crippen LogP contribution in [0, 0.1) is 17.1 Å². The predicted molar refractivity (Wildman–Crippen MR) is 75.6 cm³/mol. The maximum absolute atomic E-state index is 13.1. The first-order valence-corrected chi connectivity index (χ1v) is 6.53. The number of ether oxygens (including phenoxy) is 1. The Labute approximate surface area is 127 Å². The van der Waals surface area contributed by atoms with Gasteiger partial charge in [-0.3, -0.25) is 0 Å². The molecule has 7 heteroatoms. The molecule has 0 heterocycles. The topological polar surface area (TPSA) is 99.4 Å². The number of halogens is 1. The number of nitriles is 1. The summed E-state index contributed by atoms with van der Waals surface area (Å²) in [6.07, 6.45) is -1.03. The number of carboxylic acids is 1. The van der Waals surface area contributed by atoms with Gasteiger partial charge in [-0.1, -0.05) is 6.07 Å². The van der Waals surface area contributed by atoms with E-state index in [1.807, 2.05) is 0 Å². The Kier molecular flexibility index (Phi) is 5.46. The molecule has 2 N–H and O–H groups in total. The van der Waals surface area contributed by atoms with E-state index >= 15 is 0 Å². The van der Waals surface area contributed by atoms with E-state index in [2.05, 4.69) is 5.32 Å². The molecular formula is C15H17FN2O4. The number of carbonyl (C=O) groups is 2. The number of hydrogen-bond acceptors (Lipinski definition) is 4. The number of nitrogens with zero attached hydrogens (tertiary/aromatic N) is 1. The van der Waals surface area contributed by atoms with Crippen LogP contribution in [-0.2, 0) is 16.0 Å². The summed E-state index contributed by atoms with van der Waals surface area (Å²) >= 11 is 0. The highest BCUT2D eigenvalue weighted by Gasteiger charge is 2.25. The molecule has 0 bridgehead atoms. The molecule has 0 aliphatic carbocycles. The zero-order valence-corrected chi connectivity index (χ0v) is 12.5. The highest BCUT2D eigenvalue weighted by atomic mass is 19.1. The van der Waals surface area contributed by atoms with Crippen LogP contribution in [0.3, 0.4) is 0 Å². The fourth-order valence-electron chi connectivity index (χ4n) is 1.70. The van der Waals surface area contributed by atoms with E-state index in [0.717, 1.165) is 12.1 Å². The third-order valence-corrected chi connectivity index (χ3v) is 2.61. The Balaban J connectivity index is 2.88. The monoisotopic (exact) mass is 308 g/mol. The van der Waals surface area contributed by atoms with Crippen molar-refractivity contribution in [1.29, 1.82) is 5.26 Å². The standard InChI is InChI=1S/C15H17FN2O4/c1-15(2,3)22-14(21)18-12(13(19)20)7-9-4-5-11(16)6-10(9)8-17/h4-6,12H,7H2,1-3H3,(H,18,21)(H,19,20). The largest absolute Gasteiger partial charge is 0.480 e. The minimum absolute atomic E-state index is 0.0252. The van der Waals surface area contributed by atoms with Gasteiger partial charge in [0.1, 0.15) is 17.5 Å². The van der Waals surface area contributed by atoms with E-state index in [1.54, 1.807) is 26.8 Å². The third-order valence-electron chi connectivity index (χ3n) is 2.61. The second-order valence-corrected chi connectivity index (χ2v) is 5.65. The lowest BCUT2D eigenvalue weighted by atomic mass is 10.0. The number of alkyl carbamates (subject to hydrolysis) is 1. The maximum atomic E-state index is 13.1. The van der Waals surface area contributed by atoms with Crippen LogP contribution in [0.5, 0.6) is 0 Å². The summed E-state index contributed by atoms with van der Waals surface area (Å²) in [7, 11) is 0. The molecule has 0 saturated carbocycles. The van der Waals surface area contributed by atoms with Gasteiger partial charge in [-0.15, -0.1) is 0 Å². The summed E-state index contributed by atoms with van der Waals surface area (Å²) < 4.78 is 18.1. The molecule has 6 nitrogen and oxygen atoms in total. The van der Waals surface area contributed by atoms with Crippen molar-refractivity contribution in [3.05, 3.63) is 35.1 Å². The van der Waals surface area contributed by atoms with Gasteiger partial charge in [-0.05, 0) is 38.5 Å². The van der Waals surface area contributed by atoms with Crippen LogP contribution in [0.1, 0.15) is 31.9 Å². The molecule has 0 radical (unpaired) electrons. The van der Waals surface area contributed by atoms with E-state index in [-0.39, 0.29) is 12.0 Å². The normalized spacial score (nSPS) is 12.1. The van der Waals surface area contributed by atoms with Crippen molar-refractivity contribution in [2.75, 3.05) is 0 Å². The van der Waals surface area contributed by atoms with E-state index in [9.17, 15) is 19.1 Å². The highest BCUT2D eigenvalue weighted by Crippen LogP contribution is 2.13. The van der Waals surface area contributed by atoms with Crippen LogP contribution in [0.4, 0.5) is 9.18 Å². The molecule has 0 aliphatic rings. The molecule has 0 saturated heterocycles. The number of hydrogen-bond donors (Lipinski definition) is 2. The molecule has 0 aromatic heterocycles. The number of carbonyl (C=O) groups excluding carboxylic acids is 1. The molecule has 0 spiro atoms. The lowest BCUT2D eigenvalue weighted by molar-refractivity contribution is -0.139. The number of benzene rings is 1. The van der Waals surface area contributed by atoms with Crippen LogP contribution in [-0.4, -0.2) is 28.8 Å². The molecule has 22 heavy (non-hydrogen) atoms. The summed E-state index contributed by atoms with van der Waals surface area (Å²) in [6, 6.07) is 3.97. The van der Waals surface area contributed by atoms with Gasteiger partial charge in [-0.2, -0.15) is 5.26 Å². The van der Waals surface area contributed by atoms with Crippen molar-refractivity contribution in [3.63, 3.8) is 0 Å². The Morgan fingerprint density at radius 2 is 2.09 bits per heavy atom. The first kappa shape index (κ1) is 17.4. The second kappa shape index (κ2) is 6.89. The average molecular weight is 308 g/mol. The molecule has 1 unspecified atom stereocenters. The van der Waals surface area contributed by atoms with Gasteiger partial charge in [0.05, 0.1) is 11.6 Å². The van der Waals surface area contributed by atoms with Crippen molar-refractivity contribution in [3.8, 4) is 6.07 Å². The molecule has 1 aromatic rings. The first-order chi connectivity index (χ1) is 10.1. The van der Waals surface area contributed by atoms with Gasteiger partial charge in [0.25, 0.3) is 0 Å². The van der Waals surface area contributed by atoms with Crippen molar-refractivity contribution in [2.45, 2.75) is 38.8 Å². The highest BCUT2D eigenvalue weighted by molar-refractivity contribution is 5.80. The zero-order chi connectivity index (χ0) is 16.9. The van der Waals surface area contributed by atoms with Crippen LogP contribution in [0.25, 0.3) is 0 Å². The number of aliphatic carboxylic acids is 1. The minimum Gasteiger partial charge on any atom is -0.480 e. The van der Waals surface area contributed by atoms with E-state index in [1.165, 1.54) is 6.07 Å². The Bertz CT molecular complexity index is 617. The van der Waals surface area contributed by atoms with Gasteiger partial charge in [0, 0.05) is 6.42 Å². The van der Waals surface area contributed by atoms with Crippen LogP contribution < -0.4 is 5.32 Å². The summed E-state index contributed by atoms with van der Waals surface area (Å²) in [5, 5.41) is 20.3. The van der Waals surface area contributed by atoms with Crippen molar-refractivity contribution >= 4 is 12.1 Å². The molecule has 1 atom stereocenters. The van der Waals surface area contributed by atoms with E-state index in [0.29, 0.717) is 5.56 Å². The Hall–Kier alpha value is -2.62. The molecule has 1 rings (SSSR count). The fraction of sp³-hybridized carbons (Fsp3) is 0.400. The Morgan fingerprint density at radius 1 is 1.45 bits per heavy atom. The summed E-state index contributed by atoms with van der Waals surface area (Å²) in [5.41, 5.74) is -0.412. The predicted octanol–water partition coefficient (Wildman–Crippen LogP) is 2.22. The Morgan fingerprint density at radius 3 is 2.59 bits per heavy atom. The molecular weight excluding hydrogens is 291 g/mol. The second-order valence-electron chi connectivity index (χ2n) is 5.65. The van der Waals surface area contributed by atoms with Crippen LogP contribution in [0.2, 0.25) is 0 Å². The van der Waals surface area contributed by atoms with Crippen LogP contribution in [0.15, 0.2) is 18.2 Å². The summed E-state index contributed by atoms with van der Waals surface area (Å²) in [6.45, 7) is 4.95. The first-order valence-electron chi connectivity index (χ1n) is 6.53. The molecule has 118 valence electrons. The lowest BCUT2D eigenvalue weighted by Gasteiger charge is -2.22. The average Bonchev–Trinajstić information content (AvgIpc) is 2.37. The number of rotatable bonds is 4. The fourth-order valence-corrected chi connectivity index (χ4v) is 1.70. The van der Waals surface area contributed by atoms with Gasteiger partial charge < -0.3 is 15.2 Å². The SMILES string of the molecule is CC(C)(C)OC(=O)NC(Cc1ccc(F)cc1C#N)C(=O)O. The van der Waals surface area contributed by atoms with E-state index in [4.69, 9.17) is 10.00 Å². The summed E-state index contributed by atoms with van der Waals surface area (Å²) in [5.74, 6) is -1.87. The van der Waals surface area contributed by atoms with Gasteiger partial charge in [-0.25, -0.2) is 14.0 Å². The molecule has 0 aliphatic heterocycles. The third kappa shape index (κ3) is 5.40. The zero-order valence-electron chi connectivity index (χ0n) is 12.5. The smallest absolute Gasteiger partial charge is 0.408 e. The molecule has 1 amide bonds.